The van der Waals surface area contributed by atoms with Gasteiger partial charge < -0.3 is 15.1 Å². The number of anilines is 1. The van der Waals surface area contributed by atoms with Gasteiger partial charge in [-0.05, 0) is 62.3 Å². The van der Waals surface area contributed by atoms with E-state index in [1.54, 1.807) is 6.20 Å². The van der Waals surface area contributed by atoms with Crippen molar-refractivity contribution < 1.29 is 4.79 Å². The van der Waals surface area contributed by atoms with Crippen LogP contribution in [0.4, 0.5) is 5.69 Å². The first-order chi connectivity index (χ1) is 14.7. The summed E-state index contributed by atoms with van der Waals surface area (Å²) in [7, 11) is 0. The van der Waals surface area contributed by atoms with Gasteiger partial charge in [-0.25, -0.2) is 0 Å². The molecule has 1 N–H and O–H groups in total. The fourth-order valence-corrected chi connectivity index (χ4v) is 5.01. The lowest BCUT2D eigenvalue weighted by atomic mass is 9.94. The van der Waals surface area contributed by atoms with Crippen LogP contribution >= 0.6 is 0 Å². The van der Waals surface area contributed by atoms with Crippen molar-refractivity contribution in [2.24, 2.45) is 11.8 Å². The number of fused-ring (bicyclic) bond motifs is 1. The second kappa shape index (κ2) is 8.23. The van der Waals surface area contributed by atoms with Crippen molar-refractivity contribution in [2.75, 3.05) is 37.6 Å². The zero-order valence-electron chi connectivity index (χ0n) is 17.4. The van der Waals surface area contributed by atoms with Crippen molar-refractivity contribution in [1.29, 1.82) is 5.26 Å². The molecule has 1 atom stereocenters. The predicted octanol–water partition coefficient (Wildman–Crippen LogP) is 2.92. The highest BCUT2D eigenvalue weighted by Crippen LogP contribution is 2.32. The molecule has 1 amide bonds. The van der Waals surface area contributed by atoms with Crippen molar-refractivity contribution in [3.63, 3.8) is 0 Å². The van der Waals surface area contributed by atoms with Crippen LogP contribution in [0.15, 0.2) is 30.5 Å². The number of amides is 1. The average Bonchev–Trinajstić information content (AvgIpc) is 3.50. The summed E-state index contributed by atoms with van der Waals surface area (Å²) in [6.07, 6.45) is 7.32. The Labute approximate surface area is 177 Å². The van der Waals surface area contributed by atoms with Crippen molar-refractivity contribution in [3.8, 4) is 6.07 Å². The lowest BCUT2D eigenvalue weighted by Crippen LogP contribution is -2.44. The van der Waals surface area contributed by atoms with Gasteiger partial charge in [0.25, 0.3) is 0 Å². The summed E-state index contributed by atoms with van der Waals surface area (Å²) in [4.78, 5) is 22.1. The number of benzene rings is 1. The summed E-state index contributed by atoms with van der Waals surface area (Å²) >= 11 is 0. The van der Waals surface area contributed by atoms with Crippen LogP contribution in [-0.4, -0.2) is 54.6 Å². The van der Waals surface area contributed by atoms with Gasteiger partial charge in [0.1, 0.15) is 6.07 Å². The summed E-state index contributed by atoms with van der Waals surface area (Å²) in [6.45, 7) is 5.07. The molecule has 156 valence electrons. The van der Waals surface area contributed by atoms with Gasteiger partial charge in [0.05, 0.1) is 11.1 Å². The maximum atomic E-state index is 12.8. The van der Waals surface area contributed by atoms with E-state index < -0.39 is 0 Å². The maximum absolute atomic E-state index is 12.8. The van der Waals surface area contributed by atoms with E-state index in [2.05, 4.69) is 26.2 Å². The molecule has 2 saturated heterocycles. The van der Waals surface area contributed by atoms with Gasteiger partial charge in [0.15, 0.2) is 0 Å². The molecule has 1 aromatic heterocycles. The number of carbonyl (C=O) groups excluding carboxylic acids is 1. The Morgan fingerprint density at radius 3 is 2.73 bits per heavy atom. The van der Waals surface area contributed by atoms with Crippen LogP contribution in [0.3, 0.4) is 0 Å². The molecule has 3 heterocycles. The molecule has 30 heavy (non-hydrogen) atoms. The van der Waals surface area contributed by atoms with Crippen LogP contribution < -0.4 is 10.2 Å². The number of likely N-dealkylation sites (tertiary alicyclic amines) is 1. The van der Waals surface area contributed by atoms with E-state index >= 15 is 0 Å². The van der Waals surface area contributed by atoms with Crippen LogP contribution in [0, 0.1) is 23.2 Å². The summed E-state index contributed by atoms with van der Waals surface area (Å²) < 4.78 is 0. The zero-order valence-corrected chi connectivity index (χ0v) is 17.4. The van der Waals surface area contributed by atoms with Crippen molar-refractivity contribution in [2.45, 2.75) is 38.1 Å². The van der Waals surface area contributed by atoms with E-state index in [0.29, 0.717) is 11.6 Å². The third-order valence-electron chi connectivity index (χ3n) is 6.91. The minimum absolute atomic E-state index is 0.0986. The topological polar surface area (TPSA) is 72.3 Å². The minimum Gasteiger partial charge on any atom is -0.371 e. The molecule has 6 heteroatoms. The maximum Gasteiger partial charge on any atom is 0.223 e. The van der Waals surface area contributed by atoms with Gasteiger partial charge in [0.2, 0.25) is 5.91 Å². The lowest BCUT2D eigenvalue weighted by molar-refractivity contribution is -0.126. The van der Waals surface area contributed by atoms with Crippen LogP contribution in [0.2, 0.25) is 0 Å². The van der Waals surface area contributed by atoms with Gasteiger partial charge in [-0.3, -0.25) is 9.78 Å². The number of nitrogens with zero attached hydrogens (tertiary/aromatic N) is 4. The largest absolute Gasteiger partial charge is 0.371 e. The van der Waals surface area contributed by atoms with Crippen LogP contribution in [-0.2, 0) is 4.79 Å². The van der Waals surface area contributed by atoms with Crippen LogP contribution in [0.25, 0.3) is 10.9 Å². The van der Waals surface area contributed by atoms with E-state index in [1.165, 1.54) is 19.4 Å². The number of piperidine rings is 1. The number of nitriles is 1. The SMILES string of the molecule is N#Cc1ccc(N2CCC(C(=O)NC3CCN(CC4CC4)C3)CC2)c2cccnc12. The molecule has 1 unspecified atom stereocenters. The Morgan fingerprint density at radius 1 is 1.13 bits per heavy atom. The monoisotopic (exact) mass is 403 g/mol. The number of hydrogen-bond donors (Lipinski definition) is 1. The number of carbonyl (C=O) groups is 1. The number of pyridine rings is 1. The molecule has 0 spiro atoms. The molecule has 2 aliphatic heterocycles. The average molecular weight is 404 g/mol. The molecule has 1 aliphatic carbocycles. The third kappa shape index (κ3) is 3.99. The van der Waals surface area contributed by atoms with E-state index in [4.69, 9.17) is 0 Å². The molecule has 2 aromatic rings. The van der Waals surface area contributed by atoms with E-state index in [1.807, 2.05) is 24.3 Å². The Balaban J connectivity index is 1.18. The zero-order chi connectivity index (χ0) is 20.5. The number of nitrogens with one attached hydrogen (secondary N) is 1. The Morgan fingerprint density at radius 2 is 1.97 bits per heavy atom. The van der Waals surface area contributed by atoms with E-state index in [9.17, 15) is 10.1 Å². The Kier molecular flexibility index (Phi) is 5.30. The van der Waals surface area contributed by atoms with Gasteiger partial charge in [-0.2, -0.15) is 5.26 Å². The molecular formula is C24H29N5O. The molecule has 0 radical (unpaired) electrons. The predicted molar refractivity (Wildman–Crippen MR) is 117 cm³/mol. The molecule has 1 saturated carbocycles. The van der Waals surface area contributed by atoms with E-state index in [-0.39, 0.29) is 11.8 Å². The van der Waals surface area contributed by atoms with Gasteiger partial charge in [-0.15, -0.1) is 0 Å². The lowest BCUT2D eigenvalue weighted by Gasteiger charge is -2.34. The second-order valence-electron chi connectivity index (χ2n) is 9.10. The molecule has 3 aliphatic rings. The van der Waals surface area contributed by atoms with Gasteiger partial charge in [-0.1, -0.05) is 0 Å². The first-order valence-corrected chi connectivity index (χ1v) is 11.3. The molecule has 3 fully saturated rings. The number of rotatable bonds is 5. The van der Waals surface area contributed by atoms with Crippen molar-refractivity contribution >= 4 is 22.5 Å². The summed E-state index contributed by atoms with van der Waals surface area (Å²) in [5, 5.41) is 13.7. The Bertz CT molecular complexity index is 971. The summed E-state index contributed by atoms with van der Waals surface area (Å²) in [5.74, 6) is 1.25. The first kappa shape index (κ1) is 19.3. The summed E-state index contributed by atoms with van der Waals surface area (Å²) in [6, 6.07) is 10.4. The molecule has 1 aromatic carbocycles. The van der Waals surface area contributed by atoms with Crippen molar-refractivity contribution in [3.05, 3.63) is 36.0 Å². The van der Waals surface area contributed by atoms with Gasteiger partial charge in [0, 0.05) is 62.0 Å². The number of hydrogen-bond acceptors (Lipinski definition) is 5. The standard InChI is InChI=1S/C24H29N5O/c25-14-19-5-6-22(21-2-1-10-26-23(19)21)29-12-7-18(8-13-29)24(30)27-20-9-11-28(16-20)15-17-3-4-17/h1-2,5-6,10,17-18,20H,3-4,7-9,11-13,15-16H2,(H,27,30). The fraction of sp³-hybridized carbons (Fsp3) is 0.542. The normalized spacial score (nSPS) is 22.9. The highest BCUT2D eigenvalue weighted by molar-refractivity contribution is 5.95. The van der Waals surface area contributed by atoms with Crippen LogP contribution in [0.1, 0.15) is 37.7 Å². The highest BCUT2D eigenvalue weighted by Gasteiger charge is 2.32. The summed E-state index contributed by atoms with van der Waals surface area (Å²) in [5.41, 5.74) is 2.48. The first-order valence-electron chi connectivity index (χ1n) is 11.3. The fourth-order valence-electron chi connectivity index (χ4n) is 5.01. The van der Waals surface area contributed by atoms with E-state index in [0.717, 1.165) is 67.9 Å². The van der Waals surface area contributed by atoms with Crippen LogP contribution in [0.5, 0.6) is 0 Å². The molecule has 0 bridgehead atoms. The highest BCUT2D eigenvalue weighted by atomic mass is 16.2. The molecule has 5 rings (SSSR count). The van der Waals surface area contributed by atoms with Gasteiger partial charge >= 0.3 is 0 Å². The smallest absolute Gasteiger partial charge is 0.223 e. The third-order valence-corrected chi connectivity index (χ3v) is 6.91. The molecular weight excluding hydrogens is 374 g/mol. The quantitative estimate of drug-likeness (QED) is 0.831. The minimum atomic E-state index is 0.0986. The Hall–Kier alpha value is -2.65. The number of aromatic nitrogens is 1. The second-order valence-corrected chi connectivity index (χ2v) is 9.10. The van der Waals surface area contributed by atoms with Crippen molar-refractivity contribution in [1.82, 2.24) is 15.2 Å². The molecule has 6 nitrogen and oxygen atoms in total.